The lowest BCUT2D eigenvalue weighted by molar-refractivity contribution is -0.127. The van der Waals surface area contributed by atoms with Crippen molar-refractivity contribution < 1.29 is 4.79 Å². The highest BCUT2D eigenvalue weighted by Crippen LogP contribution is 2.12. The quantitative estimate of drug-likeness (QED) is 0.807. The van der Waals surface area contributed by atoms with Crippen LogP contribution in [0.2, 0.25) is 0 Å². The van der Waals surface area contributed by atoms with Crippen LogP contribution >= 0.6 is 0 Å². The van der Waals surface area contributed by atoms with Crippen molar-refractivity contribution in [1.82, 2.24) is 20.0 Å². The molecule has 122 valence electrons. The number of likely N-dealkylation sites (N-methyl/N-ethyl adjacent to an activating group) is 1. The Kier molecular flexibility index (Phi) is 6.45. The Labute approximate surface area is 129 Å². The minimum atomic E-state index is 0.00683. The van der Waals surface area contributed by atoms with Gasteiger partial charge in [0.25, 0.3) is 0 Å². The molecule has 2 aliphatic rings. The van der Waals surface area contributed by atoms with Gasteiger partial charge in [-0.05, 0) is 39.8 Å². The Hall–Kier alpha value is -0.650. The van der Waals surface area contributed by atoms with Gasteiger partial charge in [-0.15, -0.1) is 0 Å². The van der Waals surface area contributed by atoms with Crippen molar-refractivity contribution in [3.8, 4) is 0 Å². The van der Waals surface area contributed by atoms with Crippen LogP contribution in [0, 0.1) is 0 Å². The SMILES string of the molecule is CCCN1CCC(NC(=O)[C@@H](C)N2CCN(C)CC2)CC1. The summed E-state index contributed by atoms with van der Waals surface area (Å²) in [6, 6.07) is 0.382. The lowest BCUT2D eigenvalue weighted by Gasteiger charge is -2.37. The number of nitrogens with zero attached hydrogens (tertiary/aromatic N) is 3. The number of hydrogen-bond acceptors (Lipinski definition) is 4. The summed E-state index contributed by atoms with van der Waals surface area (Å²) >= 11 is 0. The average Bonchev–Trinajstić information content (AvgIpc) is 2.49. The van der Waals surface area contributed by atoms with E-state index in [9.17, 15) is 4.79 Å². The topological polar surface area (TPSA) is 38.8 Å². The summed E-state index contributed by atoms with van der Waals surface area (Å²) in [5.74, 6) is 0.216. The molecule has 0 aromatic heterocycles. The molecular formula is C16H32N4O. The first-order valence-corrected chi connectivity index (χ1v) is 8.55. The van der Waals surface area contributed by atoms with Crippen LogP contribution in [-0.2, 0) is 4.79 Å². The molecule has 1 N–H and O–H groups in total. The molecule has 0 aliphatic carbocycles. The molecule has 21 heavy (non-hydrogen) atoms. The maximum Gasteiger partial charge on any atom is 0.237 e. The van der Waals surface area contributed by atoms with Crippen molar-refractivity contribution >= 4 is 5.91 Å². The fourth-order valence-corrected chi connectivity index (χ4v) is 3.31. The molecule has 5 nitrogen and oxygen atoms in total. The number of piperazine rings is 1. The monoisotopic (exact) mass is 296 g/mol. The molecule has 2 heterocycles. The molecular weight excluding hydrogens is 264 g/mol. The predicted octanol–water partition coefficient (Wildman–Crippen LogP) is 0.613. The largest absolute Gasteiger partial charge is 0.352 e. The third-order valence-corrected chi connectivity index (χ3v) is 4.94. The summed E-state index contributed by atoms with van der Waals surface area (Å²) in [6.45, 7) is 11.8. The first-order valence-electron chi connectivity index (χ1n) is 8.55. The molecule has 2 fully saturated rings. The fourth-order valence-electron chi connectivity index (χ4n) is 3.31. The average molecular weight is 296 g/mol. The number of likely N-dealkylation sites (tertiary alicyclic amines) is 1. The molecule has 0 spiro atoms. The molecule has 0 unspecified atom stereocenters. The molecule has 1 atom stereocenters. The normalized spacial score (nSPS) is 24.9. The van der Waals surface area contributed by atoms with Gasteiger partial charge in [0, 0.05) is 45.3 Å². The minimum absolute atomic E-state index is 0.00683. The van der Waals surface area contributed by atoms with Gasteiger partial charge in [-0.2, -0.15) is 0 Å². The Bertz CT molecular complexity index is 320. The third kappa shape index (κ3) is 4.94. The highest BCUT2D eigenvalue weighted by molar-refractivity contribution is 5.81. The maximum absolute atomic E-state index is 12.4. The molecule has 0 saturated carbocycles. The maximum atomic E-state index is 12.4. The van der Waals surface area contributed by atoms with Crippen LogP contribution in [0.25, 0.3) is 0 Å². The lowest BCUT2D eigenvalue weighted by atomic mass is 10.0. The smallest absolute Gasteiger partial charge is 0.237 e. The molecule has 0 aromatic rings. The summed E-state index contributed by atoms with van der Waals surface area (Å²) in [6.07, 6.45) is 3.42. The van der Waals surface area contributed by atoms with Gasteiger partial charge in [0.2, 0.25) is 5.91 Å². The van der Waals surface area contributed by atoms with E-state index in [0.29, 0.717) is 6.04 Å². The Morgan fingerprint density at radius 1 is 1.14 bits per heavy atom. The van der Waals surface area contributed by atoms with Crippen molar-refractivity contribution in [2.24, 2.45) is 0 Å². The first-order chi connectivity index (χ1) is 10.1. The Morgan fingerprint density at radius 2 is 1.76 bits per heavy atom. The molecule has 1 amide bonds. The predicted molar refractivity (Wildman–Crippen MR) is 86.4 cm³/mol. The van der Waals surface area contributed by atoms with E-state index in [1.165, 1.54) is 13.0 Å². The van der Waals surface area contributed by atoms with Crippen LogP contribution in [-0.4, -0.2) is 85.6 Å². The second-order valence-corrected chi connectivity index (χ2v) is 6.64. The zero-order valence-electron chi connectivity index (χ0n) is 14.0. The van der Waals surface area contributed by atoms with Gasteiger partial charge in [-0.3, -0.25) is 9.69 Å². The number of amides is 1. The second-order valence-electron chi connectivity index (χ2n) is 6.64. The van der Waals surface area contributed by atoms with E-state index in [2.05, 4.69) is 34.0 Å². The van der Waals surface area contributed by atoms with Crippen LogP contribution in [0.3, 0.4) is 0 Å². The first kappa shape index (κ1) is 16.7. The van der Waals surface area contributed by atoms with Crippen LogP contribution in [0.1, 0.15) is 33.1 Å². The molecule has 0 bridgehead atoms. The standard InChI is InChI=1S/C16H32N4O/c1-4-7-19-8-5-15(6-9-19)17-16(21)14(2)20-12-10-18(3)11-13-20/h14-15H,4-13H2,1-3H3,(H,17,21)/t14-/m1/s1. The number of piperidine rings is 1. The van der Waals surface area contributed by atoms with Crippen molar-refractivity contribution in [2.45, 2.75) is 45.2 Å². The highest BCUT2D eigenvalue weighted by Gasteiger charge is 2.27. The van der Waals surface area contributed by atoms with Gasteiger partial charge < -0.3 is 15.1 Å². The zero-order chi connectivity index (χ0) is 15.2. The molecule has 5 heteroatoms. The molecule has 2 rings (SSSR count). The summed E-state index contributed by atoms with van der Waals surface area (Å²) in [5.41, 5.74) is 0. The summed E-state index contributed by atoms with van der Waals surface area (Å²) < 4.78 is 0. The van der Waals surface area contributed by atoms with Gasteiger partial charge in [0.15, 0.2) is 0 Å². The van der Waals surface area contributed by atoms with E-state index < -0.39 is 0 Å². The molecule has 0 aromatic carbocycles. The van der Waals surface area contributed by atoms with Gasteiger partial charge in [-0.25, -0.2) is 0 Å². The number of hydrogen-bond donors (Lipinski definition) is 1. The van der Waals surface area contributed by atoms with Crippen molar-refractivity contribution in [3.05, 3.63) is 0 Å². The number of carbonyl (C=O) groups excluding carboxylic acids is 1. The fraction of sp³-hybridized carbons (Fsp3) is 0.938. The van der Waals surface area contributed by atoms with Gasteiger partial charge in [0.1, 0.15) is 0 Å². The highest BCUT2D eigenvalue weighted by atomic mass is 16.2. The lowest BCUT2D eigenvalue weighted by Crippen LogP contribution is -2.55. The summed E-state index contributed by atoms with van der Waals surface area (Å²) in [4.78, 5) is 19.6. The van der Waals surface area contributed by atoms with E-state index in [4.69, 9.17) is 0 Å². The molecule has 2 saturated heterocycles. The summed E-state index contributed by atoms with van der Waals surface area (Å²) in [7, 11) is 2.14. The Balaban J connectivity index is 1.71. The Morgan fingerprint density at radius 3 is 2.33 bits per heavy atom. The summed E-state index contributed by atoms with van der Waals surface area (Å²) in [5, 5.41) is 3.27. The second kappa shape index (κ2) is 8.11. The number of rotatable bonds is 5. The van der Waals surface area contributed by atoms with Gasteiger partial charge in [-0.1, -0.05) is 6.92 Å². The van der Waals surface area contributed by atoms with Crippen LogP contribution in [0.5, 0.6) is 0 Å². The molecule has 0 radical (unpaired) electrons. The minimum Gasteiger partial charge on any atom is -0.352 e. The van der Waals surface area contributed by atoms with Crippen LogP contribution < -0.4 is 5.32 Å². The van der Waals surface area contributed by atoms with E-state index >= 15 is 0 Å². The van der Waals surface area contributed by atoms with Crippen molar-refractivity contribution in [3.63, 3.8) is 0 Å². The van der Waals surface area contributed by atoms with E-state index in [0.717, 1.165) is 52.1 Å². The van der Waals surface area contributed by atoms with Gasteiger partial charge in [0.05, 0.1) is 6.04 Å². The number of carbonyl (C=O) groups is 1. The third-order valence-electron chi connectivity index (χ3n) is 4.94. The van der Waals surface area contributed by atoms with E-state index in [1.54, 1.807) is 0 Å². The van der Waals surface area contributed by atoms with Crippen LogP contribution in [0.4, 0.5) is 0 Å². The number of nitrogens with one attached hydrogen (secondary N) is 1. The van der Waals surface area contributed by atoms with E-state index in [1.807, 2.05) is 6.92 Å². The van der Waals surface area contributed by atoms with Crippen molar-refractivity contribution in [2.75, 3.05) is 52.9 Å². The zero-order valence-corrected chi connectivity index (χ0v) is 14.0. The van der Waals surface area contributed by atoms with Gasteiger partial charge >= 0.3 is 0 Å². The molecule has 2 aliphatic heterocycles. The van der Waals surface area contributed by atoms with Crippen molar-refractivity contribution in [1.29, 1.82) is 0 Å². The van der Waals surface area contributed by atoms with E-state index in [-0.39, 0.29) is 11.9 Å². The van der Waals surface area contributed by atoms with Crippen LogP contribution in [0.15, 0.2) is 0 Å².